The number of carbonyl (C=O) groups excluding carboxylic acids is 1. The van der Waals surface area contributed by atoms with Crippen LogP contribution >= 0.6 is 23.2 Å². The quantitative estimate of drug-likeness (QED) is 0.484. The van der Waals surface area contributed by atoms with E-state index >= 15 is 0 Å². The Kier molecular flexibility index (Phi) is 5.83. The molecule has 0 atom stereocenters. The van der Waals surface area contributed by atoms with Crippen LogP contribution in [0.2, 0.25) is 10.0 Å². The number of methoxy groups -OCH3 is 1. The summed E-state index contributed by atoms with van der Waals surface area (Å²) in [6.45, 7) is 0. The fourth-order valence-electron chi connectivity index (χ4n) is 3.69. The maximum Gasteiger partial charge on any atom is 0.255 e. The SMILES string of the molecule is COc1cc2nc(Nc3c(Cl)cccc3Cl)[nH]c2cc1C(=O)NC1CCCCC1. The highest BCUT2D eigenvalue weighted by Crippen LogP contribution is 2.33. The molecule has 0 aliphatic heterocycles. The van der Waals surface area contributed by atoms with E-state index in [4.69, 9.17) is 27.9 Å². The van der Waals surface area contributed by atoms with Crippen LogP contribution in [0.3, 0.4) is 0 Å². The van der Waals surface area contributed by atoms with E-state index in [1.807, 2.05) is 0 Å². The zero-order valence-electron chi connectivity index (χ0n) is 16.0. The molecule has 4 rings (SSSR count). The number of aromatic amines is 1. The average Bonchev–Trinajstić information content (AvgIpc) is 3.12. The number of benzene rings is 2. The van der Waals surface area contributed by atoms with E-state index in [2.05, 4.69) is 20.6 Å². The van der Waals surface area contributed by atoms with Crippen LogP contribution in [0.1, 0.15) is 42.5 Å². The molecule has 3 N–H and O–H groups in total. The minimum absolute atomic E-state index is 0.131. The molecule has 1 heterocycles. The van der Waals surface area contributed by atoms with Crippen LogP contribution in [0.15, 0.2) is 30.3 Å². The molecule has 0 unspecified atom stereocenters. The largest absolute Gasteiger partial charge is 0.496 e. The first-order valence-electron chi connectivity index (χ1n) is 9.65. The standard InChI is InChI=1S/C21H22Cl2N4O2/c1-29-18-11-17-16(10-13(18)20(28)24-12-6-3-2-4-7-12)25-21(26-17)27-19-14(22)8-5-9-15(19)23/h5,8-12H,2-4,6-7H2,1H3,(H,24,28)(H2,25,26,27). The highest BCUT2D eigenvalue weighted by Gasteiger charge is 2.21. The Labute approximate surface area is 178 Å². The van der Waals surface area contributed by atoms with Crippen molar-refractivity contribution in [3.63, 3.8) is 0 Å². The van der Waals surface area contributed by atoms with Crippen LogP contribution in [0, 0.1) is 0 Å². The zero-order valence-corrected chi connectivity index (χ0v) is 17.5. The number of carbonyl (C=O) groups is 1. The maximum atomic E-state index is 12.8. The molecule has 6 nitrogen and oxygen atoms in total. The Morgan fingerprint density at radius 2 is 1.90 bits per heavy atom. The molecule has 1 amide bonds. The number of H-pyrrole nitrogens is 1. The van der Waals surface area contributed by atoms with Crippen molar-refractivity contribution in [3.8, 4) is 5.75 Å². The van der Waals surface area contributed by atoms with Gasteiger partial charge in [0.05, 0.1) is 39.4 Å². The number of nitrogens with one attached hydrogen (secondary N) is 3. The smallest absolute Gasteiger partial charge is 0.255 e. The summed E-state index contributed by atoms with van der Waals surface area (Å²) in [5, 5.41) is 7.22. The van der Waals surface area contributed by atoms with E-state index in [-0.39, 0.29) is 11.9 Å². The first-order valence-corrected chi connectivity index (χ1v) is 10.4. The number of anilines is 2. The van der Waals surface area contributed by atoms with Crippen molar-refractivity contribution in [2.24, 2.45) is 0 Å². The van der Waals surface area contributed by atoms with Gasteiger partial charge in [-0.2, -0.15) is 0 Å². The van der Waals surface area contributed by atoms with Crippen molar-refractivity contribution in [2.45, 2.75) is 38.1 Å². The van der Waals surface area contributed by atoms with Crippen molar-refractivity contribution in [3.05, 3.63) is 45.9 Å². The number of halogens is 2. The molecule has 1 aliphatic rings. The van der Waals surface area contributed by atoms with Gasteiger partial charge in [0.15, 0.2) is 0 Å². The highest BCUT2D eigenvalue weighted by atomic mass is 35.5. The molecule has 0 spiro atoms. The molecular formula is C21H22Cl2N4O2. The fourth-order valence-corrected chi connectivity index (χ4v) is 4.18. The third-order valence-electron chi connectivity index (χ3n) is 5.19. The Balaban J connectivity index is 1.62. The van der Waals surface area contributed by atoms with E-state index in [1.54, 1.807) is 37.4 Å². The summed E-state index contributed by atoms with van der Waals surface area (Å²) in [5.41, 5.74) is 2.43. The van der Waals surface area contributed by atoms with Crippen molar-refractivity contribution in [1.82, 2.24) is 15.3 Å². The second-order valence-electron chi connectivity index (χ2n) is 7.19. The summed E-state index contributed by atoms with van der Waals surface area (Å²) in [6, 6.07) is 9.00. The van der Waals surface area contributed by atoms with Gasteiger partial charge in [0.1, 0.15) is 5.75 Å². The molecule has 3 aromatic rings. The van der Waals surface area contributed by atoms with Gasteiger partial charge in [0.25, 0.3) is 5.91 Å². The number of hydrogen-bond acceptors (Lipinski definition) is 4. The summed E-state index contributed by atoms with van der Waals surface area (Å²) in [4.78, 5) is 20.5. The van der Waals surface area contributed by atoms with Gasteiger partial charge in [-0.05, 0) is 31.0 Å². The first kappa shape index (κ1) is 19.9. The number of ether oxygens (including phenoxy) is 1. The predicted octanol–water partition coefficient (Wildman–Crippen LogP) is 5.68. The second kappa shape index (κ2) is 8.51. The summed E-state index contributed by atoms with van der Waals surface area (Å²) in [6.07, 6.45) is 5.59. The Morgan fingerprint density at radius 3 is 2.59 bits per heavy atom. The van der Waals surface area contributed by atoms with E-state index < -0.39 is 0 Å². The number of para-hydroxylation sites is 1. The van der Waals surface area contributed by atoms with Gasteiger partial charge < -0.3 is 20.4 Å². The van der Waals surface area contributed by atoms with Crippen LogP contribution in [-0.4, -0.2) is 29.0 Å². The van der Waals surface area contributed by atoms with E-state index in [0.29, 0.717) is 44.0 Å². The number of amides is 1. The number of nitrogens with zero attached hydrogens (tertiary/aromatic N) is 1. The average molecular weight is 433 g/mol. The summed E-state index contributed by atoms with van der Waals surface area (Å²) < 4.78 is 5.45. The molecule has 0 bridgehead atoms. The Bertz CT molecular complexity index is 1020. The van der Waals surface area contributed by atoms with Gasteiger partial charge in [-0.3, -0.25) is 4.79 Å². The lowest BCUT2D eigenvalue weighted by molar-refractivity contribution is 0.0925. The number of rotatable bonds is 5. The second-order valence-corrected chi connectivity index (χ2v) is 8.00. The molecule has 1 fully saturated rings. The van der Waals surface area contributed by atoms with E-state index in [9.17, 15) is 4.79 Å². The molecular weight excluding hydrogens is 411 g/mol. The number of fused-ring (bicyclic) bond motifs is 1. The lowest BCUT2D eigenvalue weighted by atomic mass is 9.95. The minimum Gasteiger partial charge on any atom is -0.496 e. The molecule has 2 aromatic carbocycles. The fraction of sp³-hybridized carbons (Fsp3) is 0.333. The van der Waals surface area contributed by atoms with Crippen molar-refractivity contribution in [1.29, 1.82) is 0 Å². The van der Waals surface area contributed by atoms with Crippen LogP contribution in [0.25, 0.3) is 11.0 Å². The molecule has 29 heavy (non-hydrogen) atoms. The lowest BCUT2D eigenvalue weighted by Crippen LogP contribution is -2.36. The minimum atomic E-state index is -0.131. The zero-order chi connectivity index (χ0) is 20.4. The maximum absolute atomic E-state index is 12.8. The molecule has 0 radical (unpaired) electrons. The molecule has 152 valence electrons. The summed E-state index contributed by atoms with van der Waals surface area (Å²) in [5.74, 6) is 0.829. The van der Waals surface area contributed by atoms with Gasteiger partial charge >= 0.3 is 0 Å². The monoisotopic (exact) mass is 432 g/mol. The predicted molar refractivity (Wildman–Crippen MR) is 117 cm³/mol. The van der Waals surface area contributed by atoms with Gasteiger partial charge in [-0.15, -0.1) is 0 Å². The molecule has 1 aliphatic carbocycles. The summed E-state index contributed by atoms with van der Waals surface area (Å²) in [7, 11) is 1.55. The third-order valence-corrected chi connectivity index (χ3v) is 5.82. The summed E-state index contributed by atoms with van der Waals surface area (Å²) >= 11 is 12.4. The first-order chi connectivity index (χ1) is 14.0. The Hall–Kier alpha value is -2.44. The van der Waals surface area contributed by atoms with Gasteiger partial charge in [0, 0.05) is 12.1 Å². The van der Waals surface area contributed by atoms with Crippen molar-refractivity contribution >= 4 is 51.8 Å². The molecule has 8 heteroatoms. The Morgan fingerprint density at radius 1 is 1.17 bits per heavy atom. The van der Waals surface area contributed by atoms with Crippen LogP contribution < -0.4 is 15.4 Å². The van der Waals surface area contributed by atoms with Crippen LogP contribution in [0.5, 0.6) is 5.75 Å². The van der Waals surface area contributed by atoms with Crippen LogP contribution in [-0.2, 0) is 0 Å². The molecule has 1 aromatic heterocycles. The number of imidazole rings is 1. The van der Waals surface area contributed by atoms with Crippen molar-refractivity contribution < 1.29 is 9.53 Å². The van der Waals surface area contributed by atoms with Crippen molar-refractivity contribution in [2.75, 3.05) is 12.4 Å². The van der Waals surface area contributed by atoms with E-state index in [0.717, 1.165) is 25.7 Å². The normalized spacial score (nSPS) is 14.7. The van der Waals surface area contributed by atoms with Gasteiger partial charge in [-0.1, -0.05) is 48.5 Å². The van der Waals surface area contributed by atoms with E-state index in [1.165, 1.54) is 6.42 Å². The molecule has 0 saturated heterocycles. The van der Waals surface area contributed by atoms with Gasteiger partial charge in [-0.25, -0.2) is 4.98 Å². The van der Waals surface area contributed by atoms with Crippen LogP contribution in [0.4, 0.5) is 11.6 Å². The van der Waals surface area contributed by atoms with Gasteiger partial charge in [0.2, 0.25) is 5.95 Å². The third kappa shape index (κ3) is 4.28. The molecule has 1 saturated carbocycles. The topological polar surface area (TPSA) is 79.0 Å². The lowest BCUT2D eigenvalue weighted by Gasteiger charge is -2.23. The number of hydrogen-bond donors (Lipinski definition) is 3. The highest BCUT2D eigenvalue weighted by molar-refractivity contribution is 6.39. The number of aromatic nitrogens is 2.